The summed E-state index contributed by atoms with van der Waals surface area (Å²) in [6.45, 7) is 2.74. The summed E-state index contributed by atoms with van der Waals surface area (Å²) in [6.07, 6.45) is 6.65. The van der Waals surface area contributed by atoms with Gasteiger partial charge >= 0.3 is 0 Å². The highest BCUT2D eigenvalue weighted by Gasteiger charge is 2.04. The van der Waals surface area contributed by atoms with Crippen LogP contribution < -0.4 is 4.74 Å². The summed E-state index contributed by atoms with van der Waals surface area (Å²) in [5.74, 6) is 0.718. The normalized spacial score (nSPS) is 10.8. The predicted octanol–water partition coefficient (Wildman–Crippen LogP) is 2.81. The monoisotopic (exact) mass is 256 g/mol. The average Bonchev–Trinajstić information content (AvgIpc) is 2.94. The topological polar surface area (TPSA) is 44.1 Å². The molecule has 0 atom stereocenters. The van der Waals surface area contributed by atoms with E-state index in [2.05, 4.69) is 5.10 Å². The molecule has 0 N–H and O–H groups in total. The third-order valence-electron chi connectivity index (χ3n) is 2.76. The molecule has 4 nitrogen and oxygen atoms in total. The molecule has 98 valence electrons. The van der Waals surface area contributed by atoms with Gasteiger partial charge in [-0.05, 0) is 30.7 Å². The van der Waals surface area contributed by atoms with E-state index in [-0.39, 0.29) is 5.78 Å². The zero-order valence-electron chi connectivity index (χ0n) is 11.0. The van der Waals surface area contributed by atoms with Crippen molar-refractivity contribution in [2.45, 2.75) is 13.5 Å². The largest absolute Gasteiger partial charge is 0.497 e. The molecule has 0 fully saturated rings. The van der Waals surface area contributed by atoms with Crippen LogP contribution in [-0.4, -0.2) is 22.7 Å². The molecule has 0 radical (unpaired) electrons. The Morgan fingerprint density at radius 3 is 3.00 bits per heavy atom. The van der Waals surface area contributed by atoms with E-state index in [1.165, 1.54) is 0 Å². The van der Waals surface area contributed by atoms with Crippen LogP contribution in [0.25, 0.3) is 6.08 Å². The molecule has 1 heterocycles. The van der Waals surface area contributed by atoms with E-state index in [9.17, 15) is 4.79 Å². The van der Waals surface area contributed by atoms with Crippen molar-refractivity contribution >= 4 is 11.9 Å². The molecule has 0 aliphatic carbocycles. The lowest BCUT2D eigenvalue weighted by Crippen LogP contribution is -1.94. The van der Waals surface area contributed by atoms with Crippen LogP contribution in [0, 0.1) is 0 Å². The summed E-state index contributed by atoms with van der Waals surface area (Å²) < 4.78 is 6.86. The molecule has 1 aromatic heterocycles. The highest BCUT2D eigenvalue weighted by molar-refractivity contribution is 6.06. The first-order valence-electron chi connectivity index (χ1n) is 6.12. The van der Waals surface area contributed by atoms with E-state index < -0.39 is 0 Å². The molecule has 0 saturated carbocycles. The summed E-state index contributed by atoms with van der Waals surface area (Å²) in [5.41, 5.74) is 1.52. The van der Waals surface area contributed by atoms with Gasteiger partial charge in [0.15, 0.2) is 5.78 Å². The number of aromatic nitrogens is 2. The first-order valence-corrected chi connectivity index (χ1v) is 6.12. The van der Waals surface area contributed by atoms with E-state index >= 15 is 0 Å². The van der Waals surface area contributed by atoms with Gasteiger partial charge in [0.2, 0.25) is 0 Å². The fraction of sp³-hybridized carbons (Fsp3) is 0.200. The van der Waals surface area contributed by atoms with Crippen LogP contribution in [0.5, 0.6) is 5.75 Å². The van der Waals surface area contributed by atoms with Crippen LogP contribution >= 0.6 is 0 Å². The number of rotatable bonds is 5. The van der Waals surface area contributed by atoms with Gasteiger partial charge in [0.05, 0.1) is 18.9 Å². The van der Waals surface area contributed by atoms with Gasteiger partial charge in [-0.15, -0.1) is 0 Å². The van der Waals surface area contributed by atoms with Crippen molar-refractivity contribution in [3.63, 3.8) is 0 Å². The van der Waals surface area contributed by atoms with Gasteiger partial charge in [-0.1, -0.05) is 18.2 Å². The lowest BCUT2D eigenvalue weighted by molar-refractivity contribution is 0.104. The first-order chi connectivity index (χ1) is 9.22. The Hall–Kier alpha value is -2.36. The minimum Gasteiger partial charge on any atom is -0.497 e. The number of hydrogen-bond donors (Lipinski definition) is 0. The Bertz CT molecular complexity index is 600. The van der Waals surface area contributed by atoms with Crippen molar-refractivity contribution in [3.8, 4) is 5.75 Å². The van der Waals surface area contributed by atoms with Crippen LogP contribution in [0.1, 0.15) is 22.8 Å². The zero-order chi connectivity index (χ0) is 13.7. The van der Waals surface area contributed by atoms with Crippen molar-refractivity contribution < 1.29 is 9.53 Å². The van der Waals surface area contributed by atoms with Crippen LogP contribution in [0.3, 0.4) is 0 Å². The molecule has 2 aromatic rings. The standard InChI is InChI=1S/C15H16N2O2/c1-3-17-11-13(10-16-17)15(18)8-7-12-5-4-6-14(9-12)19-2/h4-11H,3H2,1-2H3/b8-7+. The van der Waals surface area contributed by atoms with E-state index in [0.717, 1.165) is 17.9 Å². The number of ether oxygens (including phenoxy) is 1. The Balaban J connectivity index is 2.11. The van der Waals surface area contributed by atoms with E-state index in [4.69, 9.17) is 4.74 Å². The molecule has 19 heavy (non-hydrogen) atoms. The molecule has 0 bridgehead atoms. The Morgan fingerprint density at radius 1 is 1.47 bits per heavy atom. The Labute approximate surface area is 112 Å². The number of methoxy groups -OCH3 is 1. The summed E-state index contributed by atoms with van der Waals surface area (Å²) >= 11 is 0. The molecular weight excluding hydrogens is 240 g/mol. The number of nitrogens with zero attached hydrogens (tertiary/aromatic N) is 2. The van der Waals surface area contributed by atoms with E-state index in [1.807, 2.05) is 31.2 Å². The van der Waals surface area contributed by atoms with Crippen molar-refractivity contribution in [1.82, 2.24) is 9.78 Å². The highest BCUT2D eigenvalue weighted by Crippen LogP contribution is 2.14. The fourth-order valence-corrected chi connectivity index (χ4v) is 1.68. The molecular formula is C15H16N2O2. The molecule has 0 saturated heterocycles. The second-order valence-electron chi connectivity index (χ2n) is 4.06. The number of carbonyl (C=O) groups excluding carboxylic acids is 1. The number of hydrogen-bond acceptors (Lipinski definition) is 3. The molecule has 0 amide bonds. The van der Waals surface area contributed by atoms with Gasteiger partial charge in [0.25, 0.3) is 0 Å². The maximum absolute atomic E-state index is 11.9. The Kier molecular flexibility index (Phi) is 4.13. The van der Waals surface area contributed by atoms with Crippen molar-refractivity contribution in [2.24, 2.45) is 0 Å². The lowest BCUT2D eigenvalue weighted by Gasteiger charge is -1.99. The molecule has 0 spiro atoms. The van der Waals surface area contributed by atoms with Crippen LogP contribution in [-0.2, 0) is 6.54 Å². The summed E-state index contributed by atoms with van der Waals surface area (Å²) in [4.78, 5) is 11.9. The number of carbonyl (C=O) groups is 1. The van der Waals surface area contributed by atoms with Gasteiger partial charge < -0.3 is 4.74 Å². The number of aryl methyl sites for hydroxylation is 1. The molecule has 1 aromatic carbocycles. The van der Waals surface area contributed by atoms with Crippen LogP contribution in [0.4, 0.5) is 0 Å². The van der Waals surface area contributed by atoms with E-state index in [0.29, 0.717) is 5.56 Å². The SMILES string of the molecule is CCn1cc(C(=O)/C=C/c2cccc(OC)c2)cn1. The first kappa shape index (κ1) is 13.1. The Morgan fingerprint density at radius 2 is 2.32 bits per heavy atom. The number of ketones is 1. The maximum Gasteiger partial charge on any atom is 0.189 e. The van der Waals surface area contributed by atoms with Crippen molar-refractivity contribution in [2.75, 3.05) is 7.11 Å². The summed E-state index contributed by atoms with van der Waals surface area (Å²) in [7, 11) is 1.62. The fourth-order valence-electron chi connectivity index (χ4n) is 1.68. The summed E-state index contributed by atoms with van der Waals surface area (Å²) in [5, 5.41) is 4.08. The van der Waals surface area contributed by atoms with Gasteiger partial charge in [-0.2, -0.15) is 5.10 Å². The van der Waals surface area contributed by atoms with Crippen molar-refractivity contribution in [3.05, 3.63) is 53.9 Å². The number of benzene rings is 1. The second kappa shape index (κ2) is 6.00. The zero-order valence-corrected chi connectivity index (χ0v) is 11.0. The van der Waals surface area contributed by atoms with Gasteiger partial charge in [0.1, 0.15) is 5.75 Å². The minimum atomic E-state index is -0.0532. The smallest absolute Gasteiger partial charge is 0.189 e. The number of allylic oxidation sites excluding steroid dienone is 1. The molecule has 0 aliphatic rings. The third kappa shape index (κ3) is 3.31. The summed E-state index contributed by atoms with van der Waals surface area (Å²) in [6, 6.07) is 7.55. The van der Waals surface area contributed by atoms with Crippen LogP contribution in [0.2, 0.25) is 0 Å². The quantitative estimate of drug-likeness (QED) is 0.610. The minimum absolute atomic E-state index is 0.0532. The molecule has 0 unspecified atom stereocenters. The average molecular weight is 256 g/mol. The van der Waals surface area contributed by atoms with E-state index in [1.54, 1.807) is 36.3 Å². The van der Waals surface area contributed by atoms with Crippen LogP contribution in [0.15, 0.2) is 42.7 Å². The third-order valence-corrected chi connectivity index (χ3v) is 2.76. The van der Waals surface area contributed by atoms with Gasteiger partial charge in [0, 0.05) is 12.7 Å². The highest BCUT2D eigenvalue weighted by atomic mass is 16.5. The maximum atomic E-state index is 11.9. The molecule has 2 rings (SSSR count). The molecule has 0 aliphatic heterocycles. The van der Waals surface area contributed by atoms with Crippen molar-refractivity contribution in [1.29, 1.82) is 0 Å². The second-order valence-corrected chi connectivity index (χ2v) is 4.06. The molecule has 4 heteroatoms. The van der Waals surface area contributed by atoms with Gasteiger partial charge in [-0.25, -0.2) is 0 Å². The predicted molar refractivity (Wildman–Crippen MR) is 74.3 cm³/mol. The van der Waals surface area contributed by atoms with Gasteiger partial charge in [-0.3, -0.25) is 9.48 Å². The lowest BCUT2D eigenvalue weighted by atomic mass is 10.1.